The maximum atomic E-state index is 14.6. The number of amides is 1. The van der Waals surface area contributed by atoms with E-state index in [2.05, 4.69) is 0 Å². The fourth-order valence-electron chi connectivity index (χ4n) is 5.93. The van der Waals surface area contributed by atoms with Crippen molar-refractivity contribution in [1.29, 1.82) is 0 Å². The summed E-state index contributed by atoms with van der Waals surface area (Å²) in [7, 11) is -9.56. The van der Waals surface area contributed by atoms with Gasteiger partial charge in [0.1, 0.15) is 27.9 Å². The molecule has 48 heavy (non-hydrogen) atoms. The van der Waals surface area contributed by atoms with E-state index in [1.807, 2.05) is 30.3 Å². The molecule has 0 fully saturated rings. The van der Waals surface area contributed by atoms with Gasteiger partial charge < -0.3 is 14.7 Å². The molecule has 6 rings (SSSR count). The molecule has 1 aliphatic rings. The predicted molar refractivity (Wildman–Crippen MR) is 179 cm³/mol. The molecule has 0 spiro atoms. The highest BCUT2D eigenvalue weighted by atomic mass is 32.2. The van der Waals surface area contributed by atoms with Crippen LogP contribution in [-0.2, 0) is 39.9 Å². The Hall–Kier alpha value is -5.01. The summed E-state index contributed by atoms with van der Waals surface area (Å²) in [5, 5.41) is 10.5. The molecule has 1 heterocycles. The minimum Gasteiger partial charge on any atom is -0.508 e. The van der Waals surface area contributed by atoms with Crippen LogP contribution < -0.4 is 4.74 Å². The van der Waals surface area contributed by atoms with Gasteiger partial charge in [-0.3, -0.25) is 13.9 Å². The van der Waals surface area contributed by atoms with Crippen molar-refractivity contribution in [1.82, 2.24) is 4.90 Å². The van der Waals surface area contributed by atoms with Gasteiger partial charge in [-0.25, -0.2) is 0 Å². The number of carbonyl (C=O) groups is 1. The zero-order chi connectivity index (χ0) is 34.4. The second-order valence-electron chi connectivity index (χ2n) is 11.7. The van der Waals surface area contributed by atoms with Crippen LogP contribution in [0.4, 0.5) is 0 Å². The minimum absolute atomic E-state index is 0.00196. The molecule has 0 unspecified atom stereocenters. The summed E-state index contributed by atoms with van der Waals surface area (Å²) >= 11 is 0. The molecule has 0 bridgehead atoms. The normalized spacial score (nSPS) is 13.0. The molecule has 1 aliphatic heterocycles. The van der Waals surface area contributed by atoms with Crippen LogP contribution in [-0.4, -0.2) is 41.9 Å². The first-order chi connectivity index (χ1) is 22.7. The van der Waals surface area contributed by atoms with Crippen molar-refractivity contribution in [2.45, 2.75) is 43.3 Å². The lowest BCUT2D eigenvalue weighted by Crippen LogP contribution is -2.27. The second kappa shape index (κ2) is 12.5. The third-order valence-corrected chi connectivity index (χ3v) is 10.0. The molecular formula is C36H31NO9S2. The molecule has 0 radical (unpaired) electrons. The van der Waals surface area contributed by atoms with Crippen molar-refractivity contribution in [2.75, 3.05) is 0 Å². The zero-order valence-corrected chi connectivity index (χ0v) is 27.5. The number of aromatic hydroxyl groups is 1. The summed E-state index contributed by atoms with van der Waals surface area (Å²) in [6, 6.07) is 25.6. The van der Waals surface area contributed by atoms with Gasteiger partial charge in [-0.15, -0.1) is 0 Å². The molecule has 3 N–H and O–H groups in total. The molecule has 5 aromatic carbocycles. The van der Waals surface area contributed by atoms with Crippen LogP contribution in [0.25, 0.3) is 22.3 Å². The molecule has 12 heteroatoms. The Morgan fingerprint density at radius 3 is 1.98 bits per heavy atom. The van der Waals surface area contributed by atoms with Crippen LogP contribution in [0.5, 0.6) is 11.5 Å². The average molecular weight is 686 g/mol. The number of carbonyl (C=O) groups excluding carboxylic acids is 1. The molecule has 5 aromatic rings. The van der Waals surface area contributed by atoms with Gasteiger partial charge in [0.15, 0.2) is 0 Å². The highest BCUT2D eigenvalue weighted by Crippen LogP contribution is 2.43. The number of hydrogen-bond acceptors (Lipinski definition) is 7. The van der Waals surface area contributed by atoms with Gasteiger partial charge in [-0.2, -0.15) is 16.8 Å². The summed E-state index contributed by atoms with van der Waals surface area (Å²) in [5.41, 5.74) is 3.60. The largest absolute Gasteiger partial charge is 0.508 e. The summed E-state index contributed by atoms with van der Waals surface area (Å²) in [4.78, 5) is 15.2. The first-order valence-corrected chi connectivity index (χ1v) is 17.7. The van der Waals surface area contributed by atoms with Crippen molar-refractivity contribution in [2.24, 2.45) is 0 Å². The highest BCUT2D eigenvalue weighted by Gasteiger charge is 2.33. The van der Waals surface area contributed by atoms with E-state index < -0.39 is 35.9 Å². The molecule has 0 saturated carbocycles. The van der Waals surface area contributed by atoms with E-state index >= 15 is 0 Å². The van der Waals surface area contributed by atoms with E-state index in [0.29, 0.717) is 16.7 Å². The van der Waals surface area contributed by atoms with Crippen molar-refractivity contribution in [3.63, 3.8) is 0 Å². The van der Waals surface area contributed by atoms with Gasteiger partial charge >= 0.3 is 0 Å². The monoisotopic (exact) mass is 685 g/mol. The van der Waals surface area contributed by atoms with Gasteiger partial charge in [0.05, 0.1) is 12.1 Å². The quantitative estimate of drug-likeness (QED) is 0.154. The Bertz CT molecular complexity index is 2300. The average Bonchev–Trinajstić information content (AvgIpc) is 3.48. The molecule has 0 aromatic heterocycles. The van der Waals surface area contributed by atoms with Crippen molar-refractivity contribution in [3.8, 4) is 33.8 Å². The Labute approximate surface area is 278 Å². The lowest BCUT2D eigenvalue weighted by molar-refractivity contribution is 0.0747. The number of ether oxygens (including phenoxy) is 1. The van der Waals surface area contributed by atoms with E-state index in [4.69, 9.17) is 4.74 Å². The Kier molecular flexibility index (Phi) is 8.60. The third kappa shape index (κ3) is 6.56. The van der Waals surface area contributed by atoms with E-state index in [0.717, 1.165) is 11.1 Å². The van der Waals surface area contributed by atoms with Crippen molar-refractivity contribution in [3.05, 3.63) is 130 Å². The van der Waals surface area contributed by atoms with Gasteiger partial charge in [0.2, 0.25) is 0 Å². The number of fused-ring (bicyclic) bond motifs is 1. The van der Waals surface area contributed by atoms with Gasteiger partial charge in [0.25, 0.3) is 26.1 Å². The molecule has 10 nitrogen and oxygen atoms in total. The predicted octanol–water partition coefficient (Wildman–Crippen LogP) is 6.57. The third-order valence-electron chi connectivity index (χ3n) is 8.23. The second-order valence-corrected chi connectivity index (χ2v) is 14.5. The lowest BCUT2D eigenvalue weighted by Gasteiger charge is -2.23. The van der Waals surface area contributed by atoms with Gasteiger partial charge in [-0.05, 0) is 60.9 Å². The number of rotatable bonds is 8. The van der Waals surface area contributed by atoms with Gasteiger partial charge in [-0.1, -0.05) is 77.9 Å². The van der Waals surface area contributed by atoms with E-state index in [9.17, 15) is 35.8 Å². The maximum absolute atomic E-state index is 14.6. The van der Waals surface area contributed by atoms with Crippen LogP contribution >= 0.6 is 0 Å². The zero-order valence-electron chi connectivity index (χ0n) is 25.9. The first kappa shape index (κ1) is 32.9. The Balaban J connectivity index is 1.66. The number of benzene rings is 5. The van der Waals surface area contributed by atoms with Crippen LogP contribution in [0.3, 0.4) is 0 Å². The lowest BCUT2D eigenvalue weighted by atomic mass is 9.91. The molecule has 0 atom stereocenters. The molecular weight excluding hydrogens is 655 g/mol. The summed E-state index contributed by atoms with van der Waals surface area (Å²) in [6.45, 7) is 3.64. The first-order valence-electron chi connectivity index (χ1n) is 14.8. The SMILES string of the molecule is Cc1ccc(S(=O)(=O)O)c(-c2cc(OCc3ccccc3)c(C(=O)N3Cc4cccc(O)c4C3)c(-c3cc(C)ccc3S(=O)(=O)O)c2)c1. The molecule has 246 valence electrons. The van der Waals surface area contributed by atoms with E-state index in [1.54, 1.807) is 32.0 Å². The number of aryl methyl sites for hydroxylation is 2. The molecule has 0 aliphatic carbocycles. The van der Waals surface area contributed by atoms with E-state index in [-0.39, 0.29) is 59.0 Å². The highest BCUT2D eigenvalue weighted by molar-refractivity contribution is 7.86. The molecule has 0 saturated heterocycles. The topological polar surface area (TPSA) is 159 Å². The fourth-order valence-corrected chi connectivity index (χ4v) is 7.31. The Morgan fingerprint density at radius 2 is 1.35 bits per heavy atom. The summed E-state index contributed by atoms with van der Waals surface area (Å²) < 4.78 is 77.3. The smallest absolute Gasteiger partial charge is 0.295 e. The van der Waals surface area contributed by atoms with Crippen LogP contribution in [0.2, 0.25) is 0 Å². The van der Waals surface area contributed by atoms with Gasteiger partial charge in [0, 0.05) is 28.8 Å². The number of phenolic OH excluding ortho intramolecular Hbond substituents is 1. The minimum atomic E-state index is -4.83. The number of hydrogen-bond donors (Lipinski definition) is 3. The maximum Gasteiger partial charge on any atom is 0.295 e. The van der Waals surface area contributed by atoms with Crippen LogP contribution in [0, 0.1) is 13.8 Å². The van der Waals surface area contributed by atoms with Crippen molar-refractivity contribution < 1.29 is 40.6 Å². The van der Waals surface area contributed by atoms with Crippen LogP contribution in [0.1, 0.15) is 38.2 Å². The Morgan fingerprint density at radius 1 is 0.729 bits per heavy atom. The molecule has 1 amide bonds. The van der Waals surface area contributed by atoms with Crippen molar-refractivity contribution >= 4 is 26.1 Å². The summed E-state index contributed by atoms with van der Waals surface area (Å²) in [6.07, 6.45) is 0. The van der Waals surface area contributed by atoms with E-state index in [1.165, 1.54) is 53.4 Å². The fraction of sp³-hybridized carbons (Fsp3) is 0.139. The number of phenols is 1. The number of nitrogens with zero attached hydrogens (tertiary/aromatic N) is 1. The summed E-state index contributed by atoms with van der Waals surface area (Å²) in [5.74, 6) is -0.525. The standard InChI is InChI=1S/C36H31NO9S2/c1-22-11-13-33(47(40,41)42)27(15-22)26-17-29(28-16-23(2)12-14-34(28)48(43,44)45)35(32(18-26)46-21-24-7-4-3-5-8-24)36(39)37-19-25-9-6-10-31(38)30(25)20-37/h3-18,38H,19-21H2,1-2H3,(H,40,41,42)(H,43,44,45). The van der Waals surface area contributed by atoms with Crippen LogP contribution in [0.15, 0.2) is 107 Å².